The summed E-state index contributed by atoms with van der Waals surface area (Å²) < 4.78 is 11.5. The normalized spacial score (nSPS) is 34.7. The van der Waals surface area contributed by atoms with Gasteiger partial charge in [-0.3, -0.25) is 4.90 Å². The van der Waals surface area contributed by atoms with Gasteiger partial charge in [0.1, 0.15) is 0 Å². The van der Waals surface area contributed by atoms with Gasteiger partial charge in [-0.15, -0.1) is 0 Å². The minimum Gasteiger partial charge on any atom is -0.378 e. The van der Waals surface area contributed by atoms with Crippen molar-refractivity contribution in [3.05, 3.63) is 0 Å². The Labute approximate surface area is 111 Å². The SMILES string of the molecule is CCC1CC(NCC2CN(CC)CCO2)CCO1. The zero-order valence-corrected chi connectivity index (χ0v) is 11.9. The summed E-state index contributed by atoms with van der Waals surface area (Å²) in [6.07, 6.45) is 4.24. The van der Waals surface area contributed by atoms with E-state index in [2.05, 4.69) is 24.1 Å². The second-order valence-electron chi connectivity index (χ2n) is 5.42. The predicted octanol–water partition coefficient (Wildman–Crippen LogP) is 1.25. The maximum atomic E-state index is 5.82. The molecule has 2 heterocycles. The molecule has 2 aliphatic rings. The fourth-order valence-electron chi connectivity index (χ4n) is 2.84. The molecule has 0 aliphatic carbocycles. The van der Waals surface area contributed by atoms with Gasteiger partial charge in [-0.2, -0.15) is 0 Å². The van der Waals surface area contributed by atoms with Gasteiger partial charge in [0.25, 0.3) is 0 Å². The molecule has 3 atom stereocenters. The van der Waals surface area contributed by atoms with Crippen LogP contribution in [0.1, 0.15) is 33.1 Å². The highest BCUT2D eigenvalue weighted by Crippen LogP contribution is 2.16. The lowest BCUT2D eigenvalue weighted by molar-refractivity contribution is -0.0336. The van der Waals surface area contributed by atoms with Gasteiger partial charge in [0.15, 0.2) is 0 Å². The van der Waals surface area contributed by atoms with Gasteiger partial charge < -0.3 is 14.8 Å². The second kappa shape index (κ2) is 7.43. The third-order valence-corrected chi connectivity index (χ3v) is 4.13. The molecular formula is C14H28N2O2. The van der Waals surface area contributed by atoms with E-state index in [1.54, 1.807) is 0 Å². The maximum Gasteiger partial charge on any atom is 0.0826 e. The molecule has 18 heavy (non-hydrogen) atoms. The Balaban J connectivity index is 1.67. The van der Waals surface area contributed by atoms with E-state index in [1.807, 2.05) is 0 Å². The standard InChI is InChI=1S/C14H28N2O2/c1-3-13-9-12(5-7-17-13)15-10-14-11-16(4-2)6-8-18-14/h12-15H,3-11H2,1-2H3. The molecule has 0 aromatic heterocycles. The minimum atomic E-state index is 0.363. The van der Waals surface area contributed by atoms with Crippen molar-refractivity contribution in [1.82, 2.24) is 10.2 Å². The quantitative estimate of drug-likeness (QED) is 0.803. The van der Waals surface area contributed by atoms with Gasteiger partial charge in [-0.1, -0.05) is 13.8 Å². The van der Waals surface area contributed by atoms with Crippen LogP contribution in [0.5, 0.6) is 0 Å². The number of nitrogens with one attached hydrogen (secondary N) is 1. The van der Waals surface area contributed by atoms with Crippen molar-refractivity contribution in [3.8, 4) is 0 Å². The van der Waals surface area contributed by atoms with E-state index in [9.17, 15) is 0 Å². The van der Waals surface area contributed by atoms with Gasteiger partial charge in [-0.05, 0) is 25.8 Å². The average molecular weight is 256 g/mol. The van der Waals surface area contributed by atoms with Crippen LogP contribution < -0.4 is 5.32 Å². The van der Waals surface area contributed by atoms with Crippen molar-refractivity contribution in [2.75, 3.05) is 39.4 Å². The van der Waals surface area contributed by atoms with Crippen molar-refractivity contribution in [1.29, 1.82) is 0 Å². The van der Waals surface area contributed by atoms with Crippen molar-refractivity contribution in [2.45, 2.75) is 51.4 Å². The van der Waals surface area contributed by atoms with Crippen LogP contribution in [0.2, 0.25) is 0 Å². The lowest BCUT2D eigenvalue weighted by Crippen LogP contribution is -2.49. The predicted molar refractivity (Wildman–Crippen MR) is 72.9 cm³/mol. The molecule has 106 valence electrons. The van der Waals surface area contributed by atoms with Crippen molar-refractivity contribution in [3.63, 3.8) is 0 Å². The van der Waals surface area contributed by atoms with Gasteiger partial charge in [0.05, 0.1) is 18.8 Å². The lowest BCUT2D eigenvalue weighted by Gasteiger charge is -2.34. The van der Waals surface area contributed by atoms with Crippen LogP contribution in [0.3, 0.4) is 0 Å². The van der Waals surface area contributed by atoms with E-state index in [0.717, 1.165) is 58.7 Å². The smallest absolute Gasteiger partial charge is 0.0826 e. The zero-order valence-electron chi connectivity index (χ0n) is 11.9. The first-order chi connectivity index (χ1) is 8.81. The summed E-state index contributed by atoms with van der Waals surface area (Å²) in [6.45, 7) is 10.5. The number of morpholine rings is 1. The summed E-state index contributed by atoms with van der Waals surface area (Å²) in [5, 5.41) is 3.67. The summed E-state index contributed by atoms with van der Waals surface area (Å²) in [4.78, 5) is 2.47. The number of hydrogen-bond acceptors (Lipinski definition) is 4. The van der Waals surface area contributed by atoms with E-state index < -0.39 is 0 Å². The first kappa shape index (κ1) is 14.3. The van der Waals surface area contributed by atoms with E-state index >= 15 is 0 Å². The number of likely N-dealkylation sites (N-methyl/N-ethyl adjacent to an activating group) is 1. The molecule has 2 fully saturated rings. The molecule has 2 aliphatic heterocycles. The van der Waals surface area contributed by atoms with Crippen molar-refractivity contribution in [2.24, 2.45) is 0 Å². The van der Waals surface area contributed by atoms with Gasteiger partial charge >= 0.3 is 0 Å². The summed E-state index contributed by atoms with van der Waals surface area (Å²) in [6, 6.07) is 0.615. The van der Waals surface area contributed by atoms with Crippen LogP contribution in [-0.4, -0.2) is 62.5 Å². The molecule has 0 spiro atoms. The number of hydrogen-bond donors (Lipinski definition) is 1. The molecule has 0 radical (unpaired) electrons. The van der Waals surface area contributed by atoms with Crippen LogP contribution in [-0.2, 0) is 9.47 Å². The van der Waals surface area contributed by atoms with Crippen LogP contribution in [0.15, 0.2) is 0 Å². The van der Waals surface area contributed by atoms with Crippen molar-refractivity contribution < 1.29 is 9.47 Å². The van der Waals surface area contributed by atoms with E-state index in [-0.39, 0.29) is 0 Å². The van der Waals surface area contributed by atoms with Crippen LogP contribution >= 0.6 is 0 Å². The molecule has 4 heteroatoms. The highest BCUT2D eigenvalue weighted by atomic mass is 16.5. The highest BCUT2D eigenvalue weighted by Gasteiger charge is 2.24. The summed E-state index contributed by atoms with van der Waals surface area (Å²) >= 11 is 0. The maximum absolute atomic E-state index is 5.82. The Bertz CT molecular complexity index is 214. The third-order valence-electron chi connectivity index (χ3n) is 4.13. The van der Waals surface area contributed by atoms with E-state index in [1.165, 1.54) is 0 Å². The molecule has 4 nitrogen and oxygen atoms in total. The third kappa shape index (κ3) is 4.19. The molecule has 0 saturated carbocycles. The molecule has 2 rings (SSSR count). The molecule has 3 unspecified atom stereocenters. The Hall–Kier alpha value is -0.160. The topological polar surface area (TPSA) is 33.7 Å². The fourth-order valence-corrected chi connectivity index (χ4v) is 2.84. The monoisotopic (exact) mass is 256 g/mol. The lowest BCUT2D eigenvalue weighted by atomic mass is 10.0. The van der Waals surface area contributed by atoms with Gasteiger partial charge in [0.2, 0.25) is 0 Å². The number of nitrogens with zero attached hydrogens (tertiary/aromatic N) is 1. The summed E-state index contributed by atoms with van der Waals surface area (Å²) in [5.74, 6) is 0. The number of rotatable bonds is 5. The average Bonchev–Trinajstić information content (AvgIpc) is 2.45. The summed E-state index contributed by atoms with van der Waals surface area (Å²) in [5.41, 5.74) is 0. The molecule has 1 N–H and O–H groups in total. The van der Waals surface area contributed by atoms with Crippen molar-refractivity contribution >= 4 is 0 Å². The Morgan fingerprint density at radius 1 is 1.17 bits per heavy atom. The first-order valence-electron chi connectivity index (χ1n) is 7.50. The van der Waals surface area contributed by atoms with Gasteiger partial charge in [-0.25, -0.2) is 0 Å². The second-order valence-corrected chi connectivity index (χ2v) is 5.42. The first-order valence-corrected chi connectivity index (χ1v) is 7.50. The van der Waals surface area contributed by atoms with Crippen LogP contribution in [0.4, 0.5) is 0 Å². The highest BCUT2D eigenvalue weighted by molar-refractivity contribution is 4.79. The zero-order chi connectivity index (χ0) is 12.8. The minimum absolute atomic E-state index is 0.363. The molecular weight excluding hydrogens is 228 g/mol. The molecule has 0 amide bonds. The summed E-state index contributed by atoms with van der Waals surface area (Å²) in [7, 11) is 0. The Morgan fingerprint density at radius 3 is 2.78 bits per heavy atom. The Morgan fingerprint density at radius 2 is 2.00 bits per heavy atom. The van der Waals surface area contributed by atoms with E-state index in [4.69, 9.17) is 9.47 Å². The molecule has 0 aromatic carbocycles. The van der Waals surface area contributed by atoms with Crippen LogP contribution in [0.25, 0.3) is 0 Å². The molecule has 2 saturated heterocycles. The van der Waals surface area contributed by atoms with Gasteiger partial charge in [0, 0.05) is 32.3 Å². The molecule has 0 bridgehead atoms. The molecule has 0 aromatic rings. The fraction of sp³-hybridized carbons (Fsp3) is 1.00. The van der Waals surface area contributed by atoms with Crippen LogP contribution in [0, 0.1) is 0 Å². The Kier molecular flexibility index (Phi) is 5.89. The van der Waals surface area contributed by atoms with E-state index in [0.29, 0.717) is 18.2 Å². The largest absolute Gasteiger partial charge is 0.378 e. The number of ether oxygens (including phenoxy) is 2.